The summed E-state index contributed by atoms with van der Waals surface area (Å²) in [6.45, 7) is 3.89. The van der Waals surface area contributed by atoms with Gasteiger partial charge < -0.3 is 14.2 Å². The third kappa shape index (κ3) is 6.49. The number of ether oxygens (including phenoxy) is 3. The highest BCUT2D eigenvalue weighted by molar-refractivity contribution is 5.84. The van der Waals surface area contributed by atoms with Crippen LogP contribution in [0.1, 0.15) is 25.0 Å². The Kier molecular flexibility index (Phi) is 8.65. The van der Waals surface area contributed by atoms with Gasteiger partial charge in [-0.15, -0.1) is 0 Å². The SMILES string of the molecule is CCOC(Cc1ccc([N+](=O)[O-])cc1)(OCC)n1cncc(NC(=O)OCc2ccccc2)c1=O. The van der Waals surface area contributed by atoms with Gasteiger partial charge in [-0.25, -0.2) is 14.3 Å². The first-order valence-corrected chi connectivity index (χ1v) is 10.9. The second-order valence-corrected chi connectivity index (χ2v) is 7.35. The zero-order valence-corrected chi connectivity index (χ0v) is 19.4. The Hall–Kier alpha value is -4.09. The third-order valence-electron chi connectivity index (χ3n) is 4.97. The molecule has 0 aliphatic heterocycles. The maximum Gasteiger partial charge on any atom is 0.412 e. The lowest BCUT2D eigenvalue weighted by atomic mass is 10.1. The summed E-state index contributed by atoms with van der Waals surface area (Å²) in [6, 6.07) is 15.0. The van der Waals surface area contributed by atoms with Crippen molar-refractivity contribution in [3.63, 3.8) is 0 Å². The molecule has 0 saturated heterocycles. The Bertz CT molecular complexity index is 1190. The van der Waals surface area contributed by atoms with E-state index in [1.807, 2.05) is 18.2 Å². The van der Waals surface area contributed by atoms with Gasteiger partial charge in [0, 0.05) is 31.8 Å². The van der Waals surface area contributed by atoms with Crippen molar-refractivity contribution < 1.29 is 23.9 Å². The van der Waals surface area contributed by atoms with E-state index in [0.717, 1.165) is 10.1 Å². The molecule has 1 aromatic heterocycles. The van der Waals surface area contributed by atoms with Gasteiger partial charge in [0.05, 0.1) is 11.1 Å². The number of benzene rings is 2. The van der Waals surface area contributed by atoms with Crippen molar-refractivity contribution in [2.75, 3.05) is 18.5 Å². The van der Waals surface area contributed by atoms with Gasteiger partial charge in [-0.1, -0.05) is 42.5 Å². The van der Waals surface area contributed by atoms with E-state index >= 15 is 0 Å². The summed E-state index contributed by atoms with van der Waals surface area (Å²) in [5.41, 5.74) is 0.607. The first-order chi connectivity index (χ1) is 16.9. The van der Waals surface area contributed by atoms with Crippen LogP contribution in [0.2, 0.25) is 0 Å². The Morgan fingerprint density at radius 2 is 1.71 bits per heavy atom. The van der Waals surface area contributed by atoms with Crippen molar-refractivity contribution in [2.45, 2.75) is 32.8 Å². The van der Waals surface area contributed by atoms with Crippen LogP contribution in [-0.2, 0) is 33.1 Å². The molecule has 35 heavy (non-hydrogen) atoms. The number of anilines is 1. The molecule has 0 radical (unpaired) electrons. The van der Waals surface area contributed by atoms with Crippen LogP contribution in [0.15, 0.2) is 71.9 Å². The predicted molar refractivity (Wildman–Crippen MR) is 127 cm³/mol. The van der Waals surface area contributed by atoms with Crippen LogP contribution in [0.3, 0.4) is 0 Å². The molecule has 1 amide bonds. The van der Waals surface area contributed by atoms with Gasteiger partial charge in [-0.2, -0.15) is 0 Å². The highest BCUT2D eigenvalue weighted by Crippen LogP contribution is 2.26. The number of nitro benzene ring substituents is 1. The maximum atomic E-state index is 13.3. The van der Waals surface area contributed by atoms with E-state index in [1.165, 1.54) is 24.7 Å². The molecule has 0 saturated carbocycles. The normalized spacial score (nSPS) is 11.1. The summed E-state index contributed by atoms with van der Waals surface area (Å²) in [4.78, 5) is 40.2. The number of nitrogens with one attached hydrogen (secondary N) is 1. The Balaban J connectivity index is 1.87. The first-order valence-electron chi connectivity index (χ1n) is 10.9. The minimum absolute atomic E-state index is 0.0309. The number of amides is 1. The molecule has 3 rings (SSSR count). The molecule has 0 bridgehead atoms. The minimum atomic E-state index is -1.60. The molecule has 0 unspecified atom stereocenters. The summed E-state index contributed by atoms with van der Waals surface area (Å²) in [7, 11) is 0. The number of nitrogens with zero attached hydrogens (tertiary/aromatic N) is 3. The molecule has 0 aliphatic rings. The van der Waals surface area contributed by atoms with E-state index in [2.05, 4.69) is 10.3 Å². The van der Waals surface area contributed by atoms with Gasteiger partial charge in [0.2, 0.25) is 0 Å². The number of nitro groups is 1. The number of non-ortho nitro benzene ring substituents is 1. The molecule has 3 aromatic rings. The molecular formula is C24H26N4O7. The van der Waals surface area contributed by atoms with Gasteiger partial charge in [0.1, 0.15) is 18.6 Å². The molecule has 0 aliphatic carbocycles. The average Bonchev–Trinajstić information content (AvgIpc) is 2.85. The topological polar surface area (TPSA) is 135 Å². The molecule has 2 aromatic carbocycles. The lowest BCUT2D eigenvalue weighted by molar-refractivity contribution is -0.384. The van der Waals surface area contributed by atoms with Crippen molar-refractivity contribution in [1.82, 2.24) is 9.55 Å². The zero-order valence-electron chi connectivity index (χ0n) is 19.4. The number of hydrogen-bond donors (Lipinski definition) is 1. The fourth-order valence-corrected chi connectivity index (χ4v) is 3.42. The van der Waals surface area contributed by atoms with E-state index in [0.29, 0.717) is 5.56 Å². The van der Waals surface area contributed by atoms with Gasteiger partial charge in [-0.05, 0) is 25.0 Å². The van der Waals surface area contributed by atoms with E-state index in [9.17, 15) is 19.7 Å². The number of carbonyl (C=O) groups excluding carboxylic acids is 1. The number of hydrogen-bond acceptors (Lipinski definition) is 8. The molecule has 1 heterocycles. The van der Waals surface area contributed by atoms with Gasteiger partial charge in [0.25, 0.3) is 17.2 Å². The van der Waals surface area contributed by atoms with Gasteiger partial charge >= 0.3 is 6.09 Å². The lowest BCUT2D eigenvalue weighted by Crippen LogP contribution is -2.48. The molecule has 0 fully saturated rings. The molecular weight excluding hydrogens is 456 g/mol. The van der Waals surface area contributed by atoms with Crippen LogP contribution in [0.4, 0.5) is 16.2 Å². The largest absolute Gasteiger partial charge is 0.444 e. The maximum absolute atomic E-state index is 13.3. The van der Waals surface area contributed by atoms with E-state index in [-0.39, 0.29) is 37.6 Å². The average molecular weight is 482 g/mol. The quantitative estimate of drug-likeness (QED) is 0.248. The van der Waals surface area contributed by atoms with Crippen molar-refractivity contribution in [3.8, 4) is 0 Å². The molecule has 11 heteroatoms. The number of carbonyl (C=O) groups is 1. The summed E-state index contributed by atoms with van der Waals surface area (Å²) < 4.78 is 18.2. The fourth-order valence-electron chi connectivity index (χ4n) is 3.42. The molecule has 1 N–H and O–H groups in total. The van der Waals surface area contributed by atoms with Crippen LogP contribution >= 0.6 is 0 Å². The first kappa shape index (κ1) is 25.5. The summed E-state index contributed by atoms with van der Waals surface area (Å²) in [5, 5.41) is 13.4. The van der Waals surface area contributed by atoms with Crippen LogP contribution in [0.5, 0.6) is 0 Å². The van der Waals surface area contributed by atoms with E-state index in [1.54, 1.807) is 38.1 Å². The summed E-state index contributed by atoms with van der Waals surface area (Å²) >= 11 is 0. The Labute approximate surface area is 201 Å². The standard InChI is InChI=1S/C24H26N4O7/c1-3-34-24(35-4-2,14-18-10-12-20(13-11-18)28(31)32)27-17-25-15-21(22(27)29)26-23(30)33-16-19-8-6-5-7-9-19/h5-13,15,17H,3-4,14,16H2,1-2H3,(H,26,30). The molecule has 184 valence electrons. The van der Waals surface area contributed by atoms with Crippen molar-refractivity contribution in [3.05, 3.63) is 98.7 Å². The van der Waals surface area contributed by atoms with E-state index < -0.39 is 22.5 Å². The summed E-state index contributed by atoms with van der Waals surface area (Å²) in [6.07, 6.45) is 1.69. The third-order valence-corrected chi connectivity index (χ3v) is 4.97. The predicted octanol–water partition coefficient (Wildman–Crippen LogP) is 3.83. The van der Waals surface area contributed by atoms with Crippen molar-refractivity contribution in [2.24, 2.45) is 0 Å². The molecule has 0 spiro atoms. The monoisotopic (exact) mass is 482 g/mol. The van der Waals surface area contributed by atoms with Crippen molar-refractivity contribution >= 4 is 17.5 Å². The highest BCUT2D eigenvalue weighted by atomic mass is 16.7. The van der Waals surface area contributed by atoms with Gasteiger partial charge in [0.15, 0.2) is 0 Å². The lowest BCUT2D eigenvalue weighted by Gasteiger charge is -2.34. The van der Waals surface area contributed by atoms with Crippen LogP contribution < -0.4 is 10.9 Å². The number of aromatic nitrogens is 2. The molecule has 11 nitrogen and oxygen atoms in total. The second-order valence-electron chi connectivity index (χ2n) is 7.35. The van der Waals surface area contributed by atoms with Gasteiger partial charge in [-0.3, -0.25) is 20.2 Å². The summed E-state index contributed by atoms with van der Waals surface area (Å²) in [5.74, 6) is -1.60. The van der Waals surface area contributed by atoms with Crippen LogP contribution in [0.25, 0.3) is 0 Å². The molecule has 0 atom stereocenters. The van der Waals surface area contributed by atoms with Crippen molar-refractivity contribution in [1.29, 1.82) is 0 Å². The zero-order chi connectivity index (χ0) is 25.3. The van der Waals surface area contributed by atoms with Crippen LogP contribution in [0, 0.1) is 10.1 Å². The smallest absolute Gasteiger partial charge is 0.412 e. The van der Waals surface area contributed by atoms with Crippen LogP contribution in [-0.4, -0.2) is 33.8 Å². The highest BCUT2D eigenvalue weighted by Gasteiger charge is 2.36. The Morgan fingerprint density at radius 3 is 2.31 bits per heavy atom. The second kappa shape index (κ2) is 11.9. The minimum Gasteiger partial charge on any atom is -0.444 e. The Morgan fingerprint density at radius 1 is 1.06 bits per heavy atom. The fraction of sp³-hybridized carbons (Fsp3) is 0.292. The number of rotatable bonds is 11. The van der Waals surface area contributed by atoms with E-state index in [4.69, 9.17) is 14.2 Å².